The summed E-state index contributed by atoms with van der Waals surface area (Å²) in [5.41, 5.74) is 6.37. The second kappa shape index (κ2) is 6.71. The Morgan fingerprint density at radius 3 is 2.60 bits per heavy atom. The summed E-state index contributed by atoms with van der Waals surface area (Å²) in [7, 11) is 0. The third-order valence-corrected chi connectivity index (χ3v) is 6.51. The van der Waals surface area contributed by atoms with E-state index < -0.39 is 0 Å². The summed E-state index contributed by atoms with van der Waals surface area (Å²) in [6.07, 6.45) is 7.58. The first-order chi connectivity index (χ1) is 12.0. The van der Waals surface area contributed by atoms with Crippen LogP contribution in [0.2, 0.25) is 0 Å². The maximum Gasteiger partial charge on any atom is 0.223 e. The standard InChI is InChI=1S/C19H31N5O/c1-11(2)17-22-18-15(7-4-8-24(18)23-17)21-19(25)14-9-12-5-3-6-13(10-14)16(12)20/h11-16H,3-10,20H2,1-2H3,(H,21,25). The number of carbonyl (C=O) groups excluding carboxylic acids is 1. The highest BCUT2D eigenvalue weighted by Crippen LogP contribution is 2.42. The molecule has 6 heteroatoms. The van der Waals surface area contributed by atoms with Gasteiger partial charge in [0, 0.05) is 24.4 Å². The summed E-state index contributed by atoms with van der Waals surface area (Å²) in [5, 5.41) is 7.91. The molecule has 0 saturated heterocycles. The van der Waals surface area contributed by atoms with Crippen molar-refractivity contribution >= 4 is 5.91 Å². The van der Waals surface area contributed by atoms with Gasteiger partial charge in [0.15, 0.2) is 5.82 Å². The second-order valence-electron chi connectivity index (χ2n) is 8.61. The van der Waals surface area contributed by atoms with Gasteiger partial charge in [-0.15, -0.1) is 0 Å². The van der Waals surface area contributed by atoms with Crippen molar-refractivity contribution in [2.45, 2.75) is 83.3 Å². The van der Waals surface area contributed by atoms with Crippen LogP contribution in [0.4, 0.5) is 0 Å². The molecule has 0 spiro atoms. The van der Waals surface area contributed by atoms with E-state index in [1.54, 1.807) is 0 Å². The zero-order chi connectivity index (χ0) is 17.6. The molecule has 2 fully saturated rings. The van der Waals surface area contributed by atoms with Gasteiger partial charge in [-0.25, -0.2) is 9.67 Å². The van der Waals surface area contributed by atoms with Crippen molar-refractivity contribution < 1.29 is 4.79 Å². The van der Waals surface area contributed by atoms with E-state index in [0.717, 1.165) is 43.9 Å². The van der Waals surface area contributed by atoms with Crippen molar-refractivity contribution in [1.29, 1.82) is 0 Å². The molecule has 2 aliphatic carbocycles. The van der Waals surface area contributed by atoms with Crippen molar-refractivity contribution in [1.82, 2.24) is 20.1 Å². The molecule has 1 amide bonds. The fourth-order valence-electron chi connectivity index (χ4n) is 5.04. The SMILES string of the molecule is CC(C)c1nc2n(n1)CCCC2NC(=O)C1CC2CCCC(C1)C2N. The van der Waals surface area contributed by atoms with Crippen LogP contribution in [0.3, 0.4) is 0 Å². The lowest BCUT2D eigenvalue weighted by Gasteiger charge is -2.43. The van der Waals surface area contributed by atoms with Crippen LogP contribution in [-0.2, 0) is 11.3 Å². The summed E-state index contributed by atoms with van der Waals surface area (Å²) in [6.45, 7) is 5.13. The van der Waals surface area contributed by atoms with Gasteiger partial charge in [0.1, 0.15) is 5.82 Å². The zero-order valence-electron chi connectivity index (χ0n) is 15.4. The van der Waals surface area contributed by atoms with Crippen molar-refractivity contribution in [2.75, 3.05) is 0 Å². The lowest BCUT2D eigenvalue weighted by Crippen LogP contribution is -2.49. The summed E-state index contributed by atoms with van der Waals surface area (Å²) >= 11 is 0. The van der Waals surface area contributed by atoms with Crippen LogP contribution in [0.15, 0.2) is 0 Å². The minimum atomic E-state index is 0.0108. The molecular weight excluding hydrogens is 314 g/mol. The molecular formula is C19H31N5O. The van der Waals surface area contributed by atoms with E-state index in [1.807, 2.05) is 4.68 Å². The Bertz CT molecular complexity index is 626. The fraction of sp³-hybridized carbons (Fsp3) is 0.842. The van der Waals surface area contributed by atoms with E-state index in [2.05, 4.69) is 24.3 Å². The number of hydrogen-bond donors (Lipinski definition) is 2. The number of nitrogens with one attached hydrogen (secondary N) is 1. The highest BCUT2D eigenvalue weighted by atomic mass is 16.2. The molecule has 6 nitrogen and oxygen atoms in total. The van der Waals surface area contributed by atoms with Gasteiger partial charge < -0.3 is 11.1 Å². The lowest BCUT2D eigenvalue weighted by atomic mass is 9.65. The molecule has 4 rings (SSSR count). The Morgan fingerprint density at radius 1 is 1.20 bits per heavy atom. The molecule has 3 unspecified atom stereocenters. The van der Waals surface area contributed by atoms with E-state index in [-0.39, 0.29) is 17.9 Å². The van der Waals surface area contributed by atoms with Crippen LogP contribution in [0.1, 0.15) is 82.4 Å². The minimum absolute atomic E-state index is 0.0108. The first-order valence-electron chi connectivity index (χ1n) is 10.0. The Morgan fingerprint density at radius 2 is 1.92 bits per heavy atom. The topological polar surface area (TPSA) is 85.8 Å². The van der Waals surface area contributed by atoms with E-state index in [0.29, 0.717) is 23.8 Å². The molecule has 0 aromatic carbocycles. The normalized spacial score (nSPS) is 34.6. The number of fused-ring (bicyclic) bond motifs is 3. The van der Waals surface area contributed by atoms with Gasteiger partial charge in [0.2, 0.25) is 5.91 Å². The van der Waals surface area contributed by atoms with Gasteiger partial charge in [-0.1, -0.05) is 20.3 Å². The van der Waals surface area contributed by atoms with Crippen molar-refractivity contribution in [2.24, 2.45) is 23.5 Å². The quantitative estimate of drug-likeness (QED) is 0.881. The summed E-state index contributed by atoms with van der Waals surface area (Å²) in [5.74, 6) is 3.53. The molecule has 0 radical (unpaired) electrons. The number of nitrogens with zero attached hydrogens (tertiary/aromatic N) is 3. The zero-order valence-corrected chi connectivity index (χ0v) is 15.4. The molecule has 2 heterocycles. The van der Waals surface area contributed by atoms with E-state index in [9.17, 15) is 4.79 Å². The third-order valence-electron chi connectivity index (χ3n) is 6.51. The molecule has 3 N–H and O–H groups in total. The third kappa shape index (κ3) is 3.21. The number of amides is 1. The van der Waals surface area contributed by atoms with E-state index in [1.165, 1.54) is 19.3 Å². The number of rotatable bonds is 3. The van der Waals surface area contributed by atoms with Crippen LogP contribution in [-0.4, -0.2) is 26.7 Å². The second-order valence-corrected chi connectivity index (χ2v) is 8.61. The lowest BCUT2D eigenvalue weighted by molar-refractivity contribution is -0.128. The maximum atomic E-state index is 12.9. The van der Waals surface area contributed by atoms with Gasteiger partial charge in [-0.05, 0) is 50.4 Å². The van der Waals surface area contributed by atoms with Crippen LogP contribution in [0.25, 0.3) is 0 Å². The van der Waals surface area contributed by atoms with Gasteiger partial charge in [0.05, 0.1) is 6.04 Å². The van der Waals surface area contributed by atoms with Gasteiger partial charge >= 0.3 is 0 Å². The van der Waals surface area contributed by atoms with Crippen molar-refractivity contribution in [3.8, 4) is 0 Å². The van der Waals surface area contributed by atoms with E-state index >= 15 is 0 Å². The Balaban J connectivity index is 1.45. The molecule has 3 aliphatic rings. The molecule has 2 saturated carbocycles. The smallest absolute Gasteiger partial charge is 0.223 e. The highest BCUT2D eigenvalue weighted by molar-refractivity contribution is 5.79. The highest BCUT2D eigenvalue weighted by Gasteiger charge is 2.41. The monoisotopic (exact) mass is 345 g/mol. The molecule has 1 aromatic heterocycles. The molecule has 138 valence electrons. The predicted molar refractivity (Wildman–Crippen MR) is 95.8 cm³/mol. The number of nitrogens with two attached hydrogens (primary N) is 1. The molecule has 1 aliphatic heterocycles. The Kier molecular flexibility index (Phi) is 4.56. The summed E-state index contributed by atoms with van der Waals surface area (Å²) < 4.78 is 2.00. The average Bonchev–Trinajstić information content (AvgIpc) is 3.00. The van der Waals surface area contributed by atoms with Crippen molar-refractivity contribution in [3.63, 3.8) is 0 Å². The average molecular weight is 345 g/mol. The number of aryl methyl sites for hydroxylation is 1. The van der Waals surface area contributed by atoms with Gasteiger partial charge in [-0.3, -0.25) is 4.79 Å². The summed E-state index contributed by atoms with van der Waals surface area (Å²) in [6, 6.07) is 0.320. The fourth-order valence-corrected chi connectivity index (χ4v) is 5.04. The van der Waals surface area contributed by atoms with E-state index in [4.69, 9.17) is 10.7 Å². The molecule has 25 heavy (non-hydrogen) atoms. The number of hydrogen-bond acceptors (Lipinski definition) is 4. The maximum absolute atomic E-state index is 12.9. The van der Waals surface area contributed by atoms with Crippen LogP contribution < -0.4 is 11.1 Å². The predicted octanol–water partition coefficient (Wildman–Crippen LogP) is 2.51. The van der Waals surface area contributed by atoms with Crippen LogP contribution >= 0.6 is 0 Å². The largest absolute Gasteiger partial charge is 0.346 e. The van der Waals surface area contributed by atoms with Crippen LogP contribution in [0, 0.1) is 17.8 Å². The minimum Gasteiger partial charge on any atom is -0.346 e. The number of carbonyl (C=O) groups is 1. The van der Waals surface area contributed by atoms with Gasteiger partial charge in [-0.2, -0.15) is 5.10 Å². The Hall–Kier alpha value is -1.43. The summed E-state index contributed by atoms with van der Waals surface area (Å²) in [4.78, 5) is 17.7. The van der Waals surface area contributed by atoms with Gasteiger partial charge in [0.25, 0.3) is 0 Å². The number of aromatic nitrogens is 3. The van der Waals surface area contributed by atoms with Crippen molar-refractivity contribution in [3.05, 3.63) is 11.6 Å². The molecule has 2 bridgehead atoms. The van der Waals surface area contributed by atoms with Crippen LogP contribution in [0.5, 0.6) is 0 Å². The first kappa shape index (κ1) is 17.0. The first-order valence-corrected chi connectivity index (χ1v) is 10.0. The molecule has 3 atom stereocenters. The molecule has 1 aromatic rings. The Labute approximate surface area is 149 Å².